The van der Waals surface area contributed by atoms with Crippen molar-refractivity contribution in [1.82, 2.24) is 0 Å². The van der Waals surface area contributed by atoms with Crippen molar-refractivity contribution in [3.8, 4) is 5.75 Å². The molecule has 0 bridgehead atoms. The third-order valence-corrected chi connectivity index (χ3v) is 2.46. The Hall–Kier alpha value is -1.22. The molecule has 0 spiro atoms. The van der Waals surface area contributed by atoms with Gasteiger partial charge in [0.2, 0.25) is 0 Å². The van der Waals surface area contributed by atoms with Gasteiger partial charge in [-0.2, -0.15) is 0 Å². The molecular weight excluding hydrogens is 166 g/mol. The van der Waals surface area contributed by atoms with Crippen LogP contribution in [0.1, 0.15) is 24.5 Å². The molecule has 1 unspecified atom stereocenters. The molecule has 0 aliphatic heterocycles. The number of phenols is 1. The maximum Gasteiger partial charge on any atom is 0.117 e. The van der Waals surface area contributed by atoms with Gasteiger partial charge in [-0.3, -0.25) is 0 Å². The second-order valence-electron chi connectivity index (χ2n) is 3.60. The molecular formula is C10H13NO2. The van der Waals surface area contributed by atoms with Gasteiger partial charge < -0.3 is 15.9 Å². The van der Waals surface area contributed by atoms with Crippen molar-refractivity contribution in [3.05, 3.63) is 23.8 Å². The van der Waals surface area contributed by atoms with E-state index in [1.807, 2.05) is 0 Å². The zero-order chi connectivity index (χ0) is 9.42. The molecule has 0 radical (unpaired) electrons. The fraction of sp³-hybridized carbons (Fsp3) is 0.400. The Kier molecular flexibility index (Phi) is 1.88. The van der Waals surface area contributed by atoms with Crippen molar-refractivity contribution in [1.29, 1.82) is 0 Å². The van der Waals surface area contributed by atoms with Crippen molar-refractivity contribution >= 4 is 5.69 Å². The van der Waals surface area contributed by atoms with Gasteiger partial charge in [-0.25, -0.2) is 0 Å². The molecule has 0 saturated heterocycles. The molecule has 1 saturated carbocycles. The molecule has 1 aliphatic rings. The minimum atomic E-state index is -0.458. The number of hydrogen-bond acceptors (Lipinski definition) is 3. The van der Waals surface area contributed by atoms with E-state index in [-0.39, 0.29) is 5.75 Å². The van der Waals surface area contributed by atoms with Crippen LogP contribution in [-0.2, 0) is 0 Å². The third-order valence-electron chi connectivity index (χ3n) is 2.46. The SMILES string of the molecule is Nc1cc(O)ccc1C(O)C1CC1. The first kappa shape index (κ1) is 8.38. The third kappa shape index (κ3) is 1.60. The fourth-order valence-corrected chi connectivity index (χ4v) is 1.50. The van der Waals surface area contributed by atoms with Gasteiger partial charge in [0.25, 0.3) is 0 Å². The Labute approximate surface area is 76.8 Å². The van der Waals surface area contributed by atoms with Gasteiger partial charge in [0.15, 0.2) is 0 Å². The van der Waals surface area contributed by atoms with Crippen LogP contribution in [0.15, 0.2) is 18.2 Å². The molecule has 4 N–H and O–H groups in total. The van der Waals surface area contributed by atoms with E-state index in [4.69, 9.17) is 10.8 Å². The number of nitrogen functional groups attached to an aromatic ring is 1. The summed E-state index contributed by atoms with van der Waals surface area (Å²) in [5.41, 5.74) is 6.88. The number of nitrogens with two attached hydrogens (primary N) is 1. The summed E-state index contributed by atoms with van der Waals surface area (Å²) < 4.78 is 0. The molecule has 13 heavy (non-hydrogen) atoms. The lowest BCUT2D eigenvalue weighted by molar-refractivity contribution is 0.154. The van der Waals surface area contributed by atoms with E-state index in [2.05, 4.69) is 0 Å². The maximum absolute atomic E-state index is 9.77. The van der Waals surface area contributed by atoms with Gasteiger partial charge >= 0.3 is 0 Å². The highest BCUT2D eigenvalue weighted by Crippen LogP contribution is 2.42. The first-order valence-electron chi connectivity index (χ1n) is 4.45. The summed E-state index contributed by atoms with van der Waals surface area (Å²) in [6, 6.07) is 4.71. The van der Waals surface area contributed by atoms with Crippen molar-refractivity contribution < 1.29 is 10.2 Å². The molecule has 0 heterocycles. The van der Waals surface area contributed by atoms with Crippen molar-refractivity contribution in [2.75, 3.05) is 5.73 Å². The predicted octanol–water partition coefficient (Wildman–Crippen LogP) is 1.42. The Morgan fingerprint density at radius 2 is 2.08 bits per heavy atom. The van der Waals surface area contributed by atoms with E-state index in [1.54, 1.807) is 12.1 Å². The van der Waals surface area contributed by atoms with Crippen molar-refractivity contribution in [2.24, 2.45) is 5.92 Å². The van der Waals surface area contributed by atoms with E-state index in [0.717, 1.165) is 18.4 Å². The average molecular weight is 179 g/mol. The normalized spacial score (nSPS) is 18.5. The smallest absolute Gasteiger partial charge is 0.117 e. The summed E-state index contributed by atoms with van der Waals surface area (Å²) in [6.45, 7) is 0. The van der Waals surface area contributed by atoms with Crippen molar-refractivity contribution in [3.63, 3.8) is 0 Å². The van der Waals surface area contributed by atoms with Crippen LogP contribution in [0.4, 0.5) is 5.69 Å². The number of aromatic hydroxyl groups is 1. The van der Waals surface area contributed by atoms with E-state index in [1.165, 1.54) is 6.07 Å². The lowest BCUT2D eigenvalue weighted by atomic mass is 10.0. The highest BCUT2D eigenvalue weighted by atomic mass is 16.3. The van der Waals surface area contributed by atoms with Crippen LogP contribution >= 0.6 is 0 Å². The Morgan fingerprint density at radius 1 is 1.38 bits per heavy atom. The summed E-state index contributed by atoms with van der Waals surface area (Å²) >= 11 is 0. The van der Waals surface area contributed by atoms with Gasteiger partial charge in [0.1, 0.15) is 5.75 Å². The van der Waals surface area contributed by atoms with Gasteiger partial charge in [0, 0.05) is 17.3 Å². The van der Waals surface area contributed by atoms with Crippen LogP contribution in [0.2, 0.25) is 0 Å². The van der Waals surface area contributed by atoms with Gasteiger partial charge in [-0.1, -0.05) is 6.07 Å². The first-order chi connectivity index (χ1) is 6.18. The zero-order valence-corrected chi connectivity index (χ0v) is 7.27. The molecule has 1 aromatic carbocycles. The summed E-state index contributed by atoms with van der Waals surface area (Å²) in [5.74, 6) is 0.510. The maximum atomic E-state index is 9.77. The van der Waals surface area contributed by atoms with E-state index in [9.17, 15) is 5.11 Å². The molecule has 0 amide bonds. The topological polar surface area (TPSA) is 66.5 Å². The number of aliphatic hydroxyl groups excluding tert-OH is 1. The van der Waals surface area contributed by atoms with E-state index >= 15 is 0 Å². The van der Waals surface area contributed by atoms with Crippen LogP contribution in [0.25, 0.3) is 0 Å². The Bertz CT molecular complexity index is 321. The van der Waals surface area contributed by atoms with E-state index in [0.29, 0.717) is 11.6 Å². The molecule has 70 valence electrons. The summed E-state index contributed by atoms with van der Waals surface area (Å²) in [7, 11) is 0. The number of phenolic OH excluding ortho intramolecular Hbond substituents is 1. The highest BCUT2D eigenvalue weighted by Gasteiger charge is 2.31. The molecule has 1 fully saturated rings. The summed E-state index contributed by atoms with van der Waals surface area (Å²) in [5, 5.41) is 18.9. The number of anilines is 1. The average Bonchev–Trinajstić information content (AvgIpc) is 2.85. The summed E-state index contributed by atoms with van der Waals surface area (Å²) in [4.78, 5) is 0. The molecule has 1 aromatic rings. The highest BCUT2D eigenvalue weighted by molar-refractivity contribution is 5.52. The largest absolute Gasteiger partial charge is 0.508 e. The van der Waals surface area contributed by atoms with Crippen LogP contribution < -0.4 is 5.73 Å². The predicted molar refractivity (Wildman–Crippen MR) is 50.2 cm³/mol. The van der Waals surface area contributed by atoms with Gasteiger partial charge in [-0.15, -0.1) is 0 Å². The molecule has 1 atom stereocenters. The minimum absolute atomic E-state index is 0.143. The van der Waals surface area contributed by atoms with Crippen LogP contribution in [0.3, 0.4) is 0 Å². The molecule has 3 heteroatoms. The zero-order valence-electron chi connectivity index (χ0n) is 7.27. The molecule has 0 aromatic heterocycles. The number of benzene rings is 1. The Balaban J connectivity index is 2.28. The van der Waals surface area contributed by atoms with Gasteiger partial charge in [-0.05, 0) is 24.8 Å². The van der Waals surface area contributed by atoms with Crippen LogP contribution in [0.5, 0.6) is 5.75 Å². The second kappa shape index (κ2) is 2.92. The monoisotopic (exact) mass is 179 g/mol. The van der Waals surface area contributed by atoms with Crippen molar-refractivity contribution in [2.45, 2.75) is 18.9 Å². The standard InChI is InChI=1S/C10H13NO2/c11-9-5-7(12)3-4-8(9)10(13)6-1-2-6/h3-6,10,12-13H,1-2,11H2. The second-order valence-corrected chi connectivity index (χ2v) is 3.60. The first-order valence-corrected chi connectivity index (χ1v) is 4.45. The lowest BCUT2D eigenvalue weighted by Crippen LogP contribution is -2.03. The number of aliphatic hydroxyl groups is 1. The van der Waals surface area contributed by atoms with Gasteiger partial charge in [0.05, 0.1) is 6.10 Å². The number of rotatable bonds is 2. The fourth-order valence-electron chi connectivity index (χ4n) is 1.50. The lowest BCUT2D eigenvalue weighted by Gasteiger charge is -2.12. The molecule has 1 aliphatic carbocycles. The number of hydrogen-bond donors (Lipinski definition) is 3. The summed E-state index contributed by atoms with van der Waals surface area (Å²) in [6.07, 6.45) is 1.68. The molecule has 2 rings (SSSR count). The minimum Gasteiger partial charge on any atom is -0.508 e. The quantitative estimate of drug-likeness (QED) is 0.601. The molecule has 3 nitrogen and oxygen atoms in total. The van der Waals surface area contributed by atoms with Crippen LogP contribution in [0, 0.1) is 5.92 Å². The van der Waals surface area contributed by atoms with Crippen LogP contribution in [-0.4, -0.2) is 10.2 Å². The van der Waals surface area contributed by atoms with E-state index < -0.39 is 6.10 Å². The Morgan fingerprint density at radius 3 is 2.62 bits per heavy atom.